The van der Waals surface area contributed by atoms with E-state index in [2.05, 4.69) is 9.47 Å². The van der Waals surface area contributed by atoms with E-state index in [1.54, 1.807) is 0 Å². The van der Waals surface area contributed by atoms with Crippen molar-refractivity contribution in [1.29, 1.82) is 0 Å². The van der Waals surface area contributed by atoms with Crippen molar-refractivity contribution < 1.29 is 29.3 Å². The Labute approximate surface area is 173 Å². The summed E-state index contributed by atoms with van der Waals surface area (Å²) in [4.78, 5) is 22.3. The first-order chi connectivity index (χ1) is 13.6. The number of rotatable bonds is 16. The van der Waals surface area contributed by atoms with Gasteiger partial charge in [0.2, 0.25) is 0 Å². The van der Waals surface area contributed by atoms with Crippen molar-refractivity contribution in [1.82, 2.24) is 0 Å². The molecule has 0 saturated heterocycles. The summed E-state index contributed by atoms with van der Waals surface area (Å²) in [5.41, 5.74) is 23.7. The minimum Gasteiger partial charge on any atom is -0.469 e. The first kappa shape index (κ1) is 27.7. The van der Waals surface area contributed by atoms with Gasteiger partial charge in [-0.05, 0) is 38.5 Å². The van der Waals surface area contributed by atoms with Crippen LogP contribution in [0.15, 0.2) is 0 Å². The van der Waals surface area contributed by atoms with E-state index in [0.717, 1.165) is 6.42 Å². The molecule has 6 atom stereocenters. The highest BCUT2D eigenvalue weighted by Crippen LogP contribution is 2.14. The molecule has 0 bridgehead atoms. The van der Waals surface area contributed by atoms with E-state index in [-0.39, 0.29) is 43.7 Å². The third-order valence-electron chi connectivity index (χ3n) is 4.76. The summed E-state index contributed by atoms with van der Waals surface area (Å²) in [6.07, 6.45) is 2.02. The van der Waals surface area contributed by atoms with E-state index in [9.17, 15) is 19.8 Å². The van der Waals surface area contributed by atoms with Crippen LogP contribution < -0.4 is 22.9 Å². The van der Waals surface area contributed by atoms with Crippen molar-refractivity contribution in [3.05, 3.63) is 0 Å². The van der Waals surface area contributed by atoms with Crippen molar-refractivity contribution in [2.75, 3.05) is 14.2 Å². The number of hydrogen-bond acceptors (Lipinski definition) is 10. The second-order valence-corrected chi connectivity index (χ2v) is 7.78. The molecule has 10 N–H and O–H groups in total. The van der Waals surface area contributed by atoms with Gasteiger partial charge in [0.1, 0.15) is 0 Å². The van der Waals surface area contributed by atoms with Crippen LogP contribution in [0.4, 0.5) is 0 Å². The monoisotopic (exact) mass is 420 g/mol. The summed E-state index contributed by atoms with van der Waals surface area (Å²) in [5.74, 6) is -0.760. The normalized spacial score (nSPS) is 17.7. The number of methoxy groups -OCH3 is 2. The molecule has 10 heteroatoms. The Morgan fingerprint density at radius 1 is 0.690 bits per heavy atom. The molecule has 172 valence electrons. The number of aliphatic hydroxyl groups is 2. The van der Waals surface area contributed by atoms with Crippen molar-refractivity contribution in [2.45, 2.75) is 94.2 Å². The zero-order chi connectivity index (χ0) is 22.4. The topological polar surface area (TPSA) is 197 Å². The Morgan fingerprint density at radius 2 is 1.07 bits per heavy atom. The highest BCUT2D eigenvalue weighted by molar-refractivity contribution is 5.70. The Bertz CT molecular complexity index is 468. The van der Waals surface area contributed by atoms with E-state index >= 15 is 0 Å². The van der Waals surface area contributed by atoms with Gasteiger partial charge in [-0.25, -0.2) is 0 Å². The molecule has 0 aromatic heterocycles. The van der Waals surface area contributed by atoms with Gasteiger partial charge in [0.15, 0.2) is 0 Å². The molecule has 0 aromatic rings. The molecule has 0 heterocycles. The molecular weight excluding hydrogens is 380 g/mol. The summed E-state index contributed by atoms with van der Waals surface area (Å²) in [6, 6.07) is -1.39. The number of aliphatic hydroxyl groups excluding tert-OH is 2. The first-order valence-electron chi connectivity index (χ1n) is 10.1. The molecule has 0 fully saturated rings. The number of carbonyl (C=O) groups excluding carboxylic acids is 2. The van der Waals surface area contributed by atoms with Crippen LogP contribution in [-0.2, 0) is 19.1 Å². The van der Waals surface area contributed by atoms with Gasteiger partial charge in [-0.2, -0.15) is 0 Å². The van der Waals surface area contributed by atoms with Crippen LogP contribution in [0.25, 0.3) is 0 Å². The Balaban J connectivity index is 4.02. The lowest BCUT2D eigenvalue weighted by atomic mass is 9.94. The minimum atomic E-state index is -0.762. The SMILES string of the molecule is COC(=O)CC(N)CCCC(N)CC(O)CC(N)CC(O)CC(N)CC(=O)OC. The lowest BCUT2D eigenvalue weighted by Gasteiger charge is -2.23. The second kappa shape index (κ2) is 15.5. The van der Waals surface area contributed by atoms with Crippen molar-refractivity contribution in [3.63, 3.8) is 0 Å². The summed E-state index contributed by atoms with van der Waals surface area (Å²) in [6.45, 7) is 0. The zero-order valence-electron chi connectivity index (χ0n) is 17.7. The smallest absolute Gasteiger partial charge is 0.307 e. The minimum absolute atomic E-state index is 0.0313. The van der Waals surface area contributed by atoms with Crippen LogP contribution in [-0.4, -0.2) is 72.7 Å². The van der Waals surface area contributed by atoms with Gasteiger partial charge in [0.25, 0.3) is 0 Å². The van der Waals surface area contributed by atoms with E-state index in [1.807, 2.05) is 0 Å². The first-order valence-corrected chi connectivity index (χ1v) is 10.1. The van der Waals surface area contributed by atoms with Crippen LogP contribution in [0, 0.1) is 0 Å². The number of hydrogen-bond donors (Lipinski definition) is 6. The molecule has 0 aliphatic rings. The number of carbonyl (C=O) groups is 2. The molecule has 0 aromatic carbocycles. The third kappa shape index (κ3) is 15.2. The van der Waals surface area contributed by atoms with Gasteiger partial charge in [0, 0.05) is 24.2 Å². The molecular formula is C19H40N4O6. The summed E-state index contributed by atoms with van der Waals surface area (Å²) >= 11 is 0. The maximum atomic E-state index is 11.2. The molecule has 0 aliphatic heterocycles. The van der Waals surface area contributed by atoms with E-state index < -0.39 is 30.3 Å². The predicted molar refractivity (Wildman–Crippen MR) is 110 cm³/mol. The Morgan fingerprint density at radius 3 is 1.55 bits per heavy atom. The fourth-order valence-corrected chi connectivity index (χ4v) is 3.23. The maximum Gasteiger partial charge on any atom is 0.307 e. The average molecular weight is 421 g/mol. The van der Waals surface area contributed by atoms with Crippen LogP contribution in [0.5, 0.6) is 0 Å². The molecule has 29 heavy (non-hydrogen) atoms. The summed E-state index contributed by atoms with van der Waals surface area (Å²) in [5, 5.41) is 20.2. The quantitative estimate of drug-likeness (QED) is 0.166. The van der Waals surface area contributed by atoms with Gasteiger partial charge in [-0.3, -0.25) is 9.59 Å². The standard InChI is InChI=1S/C19H40N4O6/c1-28-18(26)10-13(21)5-3-4-12(20)6-16(24)7-14(22)8-17(25)9-15(23)11-19(27)29-2/h12-17,24-25H,3-11,20-23H2,1-2H3. The molecule has 0 aliphatic carbocycles. The number of esters is 2. The number of nitrogens with two attached hydrogens (primary N) is 4. The van der Waals surface area contributed by atoms with Gasteiger partial charge in [0.05, 0.1) is 39.3 Å². The fraction of sp³-hybridized carbons (Fsp3) is 0.895. The van der Waals surface area contributed by atoms with E-state index in [0.29, 0.717) is 25.7 Å². The molecule has 0 saturated carbocycles. The molecule has 10 nitrogen and oxygen atoms in total. The molecule has 0 radical (unpaired) electrons. The summed E-state index contributed by atoms with van der Waals surface area (Å²) < 4.78 is 9.11. The molecule has 0 spiro atoms. The van der Waals surface area contributed by atoms with Crippen molar-refractivity contribution in [3.8, 4) is 0 Å². The average Bonchev–Trinajstić information content (AvgIpc) is 2.60. The van der Waals surface area contributed by atoms with Crippen molar-refractivity contribution >= 4 is 11.9 Å². The lowest BCUT2D eigenvalue weighted by molar-refractivity contribution is -0.142. The molecule has 6 unspecified atom stereocenters. The Kier molecular flexibility index (Phi) is 14.8. The highest BCUT2D eigenvalue weighted by atomic mass is 16.5. The fourth-order valence-electron chi connectivity index (χ4n) is 3.23. The largest absolute Gasteiger partial charge is 0.469 e. The van der Waals surface area contributed by atoms with Crippen LogP contribution in [0.3, 0.4) is 0 Å². The van der Waals surface area contributed by atoms with Crippen LogP contribution in [0.2, 0.25) is 0 Å². The summed E-state index contributed by atoms with van der Waals surface area (Å²) in [7, 11) is 2.61. The Hall–Kier alpha value is -1.30. The van der Waals surface area contributed by atoms with Gasteiger partial charge < -0.3 is 42.6 Å². The van der Waals surface area contributed by atoms with Crippen LogP contribution >= 0.6 is 0 Å². The zero-order valence-corrected chi connectivity index (χ0v) is 17.7. The highest BCUT2D eigenvalue weighted by Gasteiger charge is 2.20. The molecule has 0 rings (SSSR count). The second-order valence-electron chi connectivity index (χ2n) is 7.78. The van der Waals surface area contributed by atoms with E-state index in [1.165, 1.54) is 14.2 Å². The van der Waals surface area contributed by atoms with Gasteiger partial charge in [-0.1, -0.05) is 6.42 Å². The van der Waals surface area contributed by atoms with Crippen LogP contribution in [0.1, 0.15) is 57.8 Å². The third-order valence-corrected chi connectivity index (χ3v) is 4.76. The van der Waals surface area contributed by atoms with Crippen molar-refractivity contribution in [2.24, 2.45) is 22.9 Å². The van der Waals surface area contributed by atoms with Gasteiger partial charge in [-0.15, -0.1) is 0 Å². The number of ether oxygens (including phenoxy) is 2. The maximum absolute atomic E-state index is 11.2. The lowest BCUT2D eigenvalue weighted by Crippen LogP contribution is -2.36. The predicted octanol–water partition coefficient (Wildman–Crippen LogP) is -1.13. The van der Waals surface area contributed by atoms with E-state index in [4.69, 9.17) is 22.9 Å². The molecule has 0 amide bonds. The van der Waals surface area contributed by atoms with Gasteiger partial charge >= 0.3 is 11.9 Å².